The second-order valence-corrected chi connectivity index (χ2v) is 3.37. The molecular formula is C11H7FN2O3. The molecule has 0 saturated carbocycles. The van der Waals surface area contributed by atoms with Gasteiger partial charge in [0, 0.05) is 17.8 Å². The summed E-state index contributed by atoms with van der Waals surface area (Å²) < 4.78 is 13.0. The topological polar surface area (TPSA) is 76.0 Å². The summed E-state index contributed by atoms with van der Waals surface area (Å²) >= 11 is 0. The second-order valence-electron chi connectivity index (χ2n) is 3.37. The van der Waals surface area contributed by atoms with Gasteiger partial charge in [-0.25, -0.2) is 4.39 Å². The fourth-order valence-electron chi connectivity index (χ4n) is 1.44. The van der Waals surface area contributed by atoms with E-state index in [1.807, 2.05) is 0 Å². The third-order valence-corrected chi connectivity index (χ3v) is 2.24. The summed E-state index contributed by atoms with van der Waals surface area (Å²) in [5.74, 6) is -0.448. The van der Waals surface area contributed by atoms with E-state index in [0.29, 0.717) is 11.1 Å². The minimum Gasteiger partial charge on any atom is -0.323 e. The van der Waals surface area contributed by atoms with Crippen LogP contribution in [0.25, 0.3) is 11.1 Å². The molecule has 5 nitrogen and oxygen atoms in total. The van der Waals surface area contributed by atoms with Gasteiger partial charge in [0.05, 0.1) is 4.92 Å². The highest BCUT2D eigenvalue weighted by Crippen LogP contribution is 2.21. The molecule has 0 aliphatic heterocycles. The molecule has 2 rings (SSSR count). The molecule has 1 heterocycles. The van der Waals surface area contributed by atoms with Crippen molar-refractivity contribution in [1.82, 2.24) is 4.98 Å². The number of halogens is 1. The van der Waals surface area contributed by atoms with E-state index in [9.17, 15) is 19.3 Å². The largest absolute Gasteiger partial charge is 0.334 e. The molecule has 2 aromatic rings. The van der Waals surface area contributed by atoms with E-state index in [-0.39, 0.29) is 0 Å². The van der Waals surface area contributed by atoms with E-state index in [1.54, 1.807) is 6.07 Å². The van der Waals surface area contributed by atoms with Gasteiger partial charge in [-0.2, -0.15) is 0 Å². The van der Waals surface area contributed by atoms with Crippen molar-refractivity contribution in [2.24, 2.45) is 0 Å². The summed E-state index contributed by atoms with van der Waals surface area (Å²) in [6, 6.07) is 6.70. The van der Waals surface area contributed by atoms with Crippen LogP contribution in [-0.4, -0.2) is 9.91 Å². The first kappa shape index (κ1) is 11.0. The van der Waals surface area contributed by atoms with E-state index in [4.69, 9.17) is 0 Å². The fourth-order valence-corrected chi connectivity index (χ4v) is 1.44. The van der Waals surface area contributed by atoms with Crippen molar-refractivity contribution in [3.63, 3.8) is 0 Å². The molecule has 86 valence electrons. The van der Waals surface area contributed by atoms with Gasteiger partial charge in [-0.05, 0) is 17.7 Å². The predicted molar refractivity (Wildman–Crippen MR) is 59.1 cm³/mol. The summed E-state index contributed by atoms with van der Waals surface area (Å²) in [6.45, 7) is 0. The van der Waals surface area contributed by atoms with Crippen LogP contribution in [0.3, 0.4) is 0 Å². The molecule has 0 aliphatic carbocycles. The highest BCUT2D eigenvalue weighted by Gasteiger charge is 2.13. The molecule has 0 fully saturated rings. The van der Waals surface area contributed by atoms with E-state index in [2.05, 4.69) is 4.98 Å². The third-order valence-electron chi connectivity index (χ3n) is 2.24. The Morgan fingerprint density at radius 2 is 2.00 bits per heavy atom. The average Bonchev–Trinajstić information content (AvgIpc) is 2.29. The molecule has 0 radical (unpaired) electrons. The van der Waals surface area contributed by atoms with Crippen LogP contribution in [-0.2, 0) is 0 Å². The summed E-state index contributed by atoms with van der Waals surface area (Å²) in [7, 11) is 0. The predicted octanol–water partition coefficient (Wildman–Crippen LogP) is 2.09. The molecule has 0 unspecified atom stereocenters. The van der Waals surface area contributed by atoms with E-state index >= 15 is 0 Å². The quantitative estimate of drug-likeness (QED) is 0.638. The zero-order valence-electron chi connectivity index (χ0n) is 8.51. The van der Waals surface area contributed by atoms with Crippen molar-refractivity contribution in [2.75, 3.05) is 0 Å². The van der Waals surface area contributed by atoms with Crippen LogP contribution in [0.5, 0.6) is 0 Å². The third kappa shape index (κ3) is 2.20. The zero-order valence-corrected chi connectivity index (χ0v) is 8.51. The first-order chi connectivity index (χ1) is 8.08. The minimum atomic E-state index is -0.782. The Hall–Kier alpha value is -2.50. The molecule has 0 spiro atoms. The number of aromatic amines is 1. The van der Waals surface area contributed by atoms with Crippen molar-refractivity contribution in [2.45, 2.75) is 0 Å². The van der Waals surface area contributed by atoms with Crippen molar-refractivity contribution in [1.29, 1.82) is 0 Å². The number of pyridine rings is 1. The van der Waals surface area contributed by atoms with E-state index < -0.39 is 22.0 Å². The lowest BCUT2D eigenvalue weighted by molar-refractivity contribution is -0.386. The van der Waals surface area contributed by atoms with Gasteiger partial charge in [-0.3, -0.25) is 14.9 Å². The van der Waals surface area contributed by atoms with Gasteiger partial charge < -0.3 is 4.98 Å². The Balaban J connectivity index is 2.58. The van der Waals surface area contributed by atoms with Gasteiger partial charge in [-0.15, -0.1) is 0 Å². The van der Waals surface area contributed by atoms with Crippen LogP contribution < -0.4 is 5.56 Å². The number of nitro groups is 1. The van der Waals surface area contributed by atoms with Gasteiger partial charge in [0.2, 0.25) is 0 Å². The smallest absolute Gasteiger partial charge is 0.323 e. The van der Waals surface area contributed by atoms with Gasteiger partial charge in [-0.1, -0.05) is 12.1 Å². The normalized spacial score (nSPS) is 10.2. The van der Waals surface area contributed by atoms with Crippen LogP contribution >= 0.6 is 0 Å². The van der Waals surface area contributed by atoms with Crippen molar-refractivity contribution >= 4 is 5.69 Å². The van der Waals surface area contributed by atoms with Crippen LogP contribution in [0.15, 0.2) is 41.3 Å². The first-order valence-electron chi connectivity index (χ1n) is 4.71. The van der Waals surface area contributed by atoms with Gasteiger partial charge in [0.1, 0.15) is 5.82 Å². The Bertz CT molecular complexity index is 637. The molecule has 6 heteroatoms. The highest BCUT2D eigenvalue weighted by atomic mass is 19.1. The summed E-state index contributed by atoms with van der Waals surface area (Å²) in [4.78, 5) is 23.2. The second kappa shape index (κ2) is 4.17. The number of rotatable bonds is 2. The first-order valence-corrected chi connectivity index (χ1v) is 4.71. The Morgan fingerprint density at radius 1 is 1.24 bits per heavy atom. The van der Waals surface area contributed by atoms with Crippen LogP contribution in [0.2, 0.25) is 0 Å². The summed E-state index contributed by atoms with van der Waals surface area (Å²) in [5, 5.41) is 10.6. The lowest BCUT2D eigenvalue weighted by Gasteiger charge is -2.00. The number of nitrogens with one attached hydrogen (secondary N) is 1. The lowest BCUT2D eigenvalue weighted by atomic mass is 10.1. The molecule has 0 saturated heterocycles. The molecule has 0 amide bonds. The maximum absolute atomic E-state index is 13.0. The minimum absolute atomic E-state index is 0.385. The fraction of sp³-hybridized carbons (Fsp3) is 0. The Morgan fingerprint density at radius 3 is 2.65 bits per heavy atom. The number of hydrogen-bond acceptors (Lipinski definition) is 3. The summed E-state index contributed by atoms with van der Waals surface area (Å²) in [5.41, 5.74) is -0.498. The SMILES string of the molecule is O=c1[nH]cc(-c2cccc(F)c2)cc1[N+](=O)[O-]. The summed E-state index contributed by atoms with van der Waals surface area (Å²) in [6.07, 6.45) is 1.31. The maximum Gasteiger partial charge on any atom is 0.334 e. The number of hydrogen-bond donors (Lipinski definition) is 1. The standard InChI is InChI=1S/C11H7FN2O3/c12-9-3-1-2-7(4-9)8-5-10(14(16)17)11(15)13-6-8/h1-6H,(H,13,15). The molecule has 17 heavy (non-hydrogen) atoms. The van der Waals surface area contributed by atoms with E-state index in [0.717, 1.165) is 6.07 Å². The van der Waals surface area contributed by atoms with E-state index in [1.165, 1.54) is 24.4 Å². The van der Waals surface area contributed by atoms with Crippen LogP contribution in [0, 0.1) is 15.9 Å². The van der Waals surface area contributed by atoms with Crippen LogP contribution in [0.1, 0.15) is 0 Å². The molecular weight excluding hydrogens is 227 g/mol. The number of benzene rings is 1. The van der Waals surface area contributed by atoms with Gasteiger partial charge in [0.15, 0.2) is 0 Å². The lowest BCUT2D eigenvalue weighted by Crippen LogP contribution is -2.10. The number of H-pyrrole nitrogens is 1. The maximum atomic E-state index is 13.0. The molecule has 1 aromatic carbocycles. The molecule has 1 aromatic heterocycles. The number of aromatic nitrogens is 1. The molecule has 0 aliphatic rings. The molecule has 0 atom stereocenters. The number of nitrogens with zero attached hydrogens (tertiary/aromatic N) is 1. The average molecular weight is 234 g/mol. The van der Waals surface area contributed by atoms with Crippen molar-refractivity contribution in [3.05, 3.63) is 62.8 Å². The van der Waals surface area contributed by atoms with Crippen LogP contribution in [0.4, 0.5) is 10.1 Å². The molecule has 1 N–H and O–H groups in total. The van der Waals surface area contributed by atoms with Crippen molar-refractivity contribution in [3.8, 4) is 11.1 Å². The monoisotopic (exact) mass is 234 g/mol. The molecule has 0 bridgehead atoms. The van der Waals surface area contributed by atoms with Gasteiger partial charge >= 0.3 is 11.2 Å². The zero-order chi connectivity index (χ0) is 12.4. The Kier molecular flexibility index (Phi) is 2.70. The highest BCUT2D eigenvalue weighted by molar-refractivity contribution is 5.64. The Labute approximate surface area is 94.7 Å². The van der Waals surface area contributed by atoms with Gasteiger partial charge in [0.25, 0.3) is 0 Å². The van der Waals surface area contributed by atoms with Crippen molar-refractivity contribution < 1.29 is 9.31 Å².